The number of unbranched alkanes of at least 4 members (excludes halogenated alkanes) is 2. The zero-order valence-electron chi connectivity index (χ0n) is 10.3. The molecule has 0 spiro atoms. The maximum absolute atomic E-state index is 11.7. The normalized spacial score (nSPS) is 12.4. The minimum absolute atomic E-state index is 0.101. The van der Waals surface area contributed by atoms with E-state index in [4.69, 9.17) is 4.55 Å². The highest BCUT2D eigenvalue weighted by atomic mass is 32.2. The van der Waals surface area contributed by atoms with Gasteiger partial charge in [0.05, 0.1) is 0 Å². The Morgan fingerprint density at radius 3 is 2.44 bits per heavy atom. The molecular weight excluding hydrogens is 226 g/mol. The van der Waals surface area contributed by atoms with Crippen molar-refractivity contribution in [2.24, 2.45) is 0 Å². The number of hydrogen-bond donors (Lipinski definition) is 1. The molecule has 16 heavy (non-hydrogen) atoms. The summed E-state index contributed by atoms with van der Waals surface area (Å²) >= 11 is -1.77. The zero-order chi connectivity index (χ0) is 12.4. The van der Waals surface area contributed by atoms with E-state index in [0.717, 1.165) is 32.4 Å². The summed E-state index contributed by atoms with van der Waals surface area (Å²) in [7, 11) is 0. The number of rotatable bonds is 9. The van der Waals surface area contributed by atoms with E-state index >= 15 is 0 Å². The van der Waals surface area contributed by atoms with Gasteiger partial charge in [-0.05, 0) is 19.8 Å². The van der Waals surface area contributed by atoms with Gasteiger partial charge in [0.25, 0.3) is 0 Å². The Hall–Kier alpha value is -0.420. The number of hydrogen-bond acceptors (Lipinski definition) is 2. The molecule has 0 saturated heterocycles. The van der Waals surface area contributed by atoms with Crippen molar-refractivity contribution < 1.29 is 13.6 Å². The van der Waals surface area contributed by atoms with E-state index in [-0.39, 0.29) is 11.7 Å². The molecule has 96 valence electrons. The Bertz CT molecular complexity index is 221. The lowest BCUT2D eigenvalue weighted by Crippen LogP contribution is -2.31. The lowest BCUT2D eigenvalue weighted by atomic mass is 10.2. The molecule has 0 fully saturated rings. The predicted molar refractivity (Wildman–Crippen MR) is 66.7 cm³/mol. The topological polar surface area (TPSA) is 57.6 Å². The van der Waals surface area contributed by atoms with Gasteiger partial charge in [0.15, 0.2) is 11.1 Å². The van der Waals surface area contributed by atoms with Gasteiger partial charge in [0, 0.05) is 25.3 Å². The van der Waals surface area contributed by atoms with Crippen LogP contribution in [0.25, 0.3) is 0 Å². The summed E-state index contributed by atoms with van der Waals surface area (Å²) in [6.45, 7) is 5.64. The van der Waals surface area contributed by atoms with Crippen molar-refractivity contribution in [2.45, 2.75) is 46.0 Å². The third-order valence-electron chi connectivity index (χ3n) is 2.48. The highest BCUT2D eigenvalue weighted by Gasteiger charge is 2.10. The predicted octanol–water partition coefficient (Wildman–Crippen LogP) is 2.03. The number of amides is 1. The van der Waals surface area contributed by atoms with Crippen LogP contribution in [0.1, 0.15) is 46.0 Å². The summed E-state index contributed by atoms with van der Waals surface area (Å²) in [5.41, 5.74) is 0. The fraction of sp³-hybridized carbons (Fsp3) is 0.909. The van der Waals surface area contributed by atoms with E-state index in [0.29, 0.717) is 12.8 Å². The quantitative estimate of drug-likeness (QED) is 0.502. The van der Waals surface area contributed by atoms with Crippen molar-refractivity contribution in [3.05, 3.63) is 0 Å². The van der Waals surface area contributed by atoms with Gasteiger partial charge in [-0.3, -0.25) is 4.79 Å². The first kappa shape index (κ1) is 15.6. The summed E-state index contributed by atoms with van der Waals surface area (Å²) < 4.78 is 19.0. The van der Waals surface area contributed by atoms with Crippen LogP contribution in [0.5, 0.6) is 0 Å². The Kier molecular flexibility index (Phi) is 9.52. The molecule has 0 bridgehead atoms. The molecule has 0 aliphatic carbocycles. The molecule has 0 aromatic rings. The van der Waals surface area contributed by atoms with Gasteiger partial charge in [-0.2, -0.15) is 0 Å². The molecule has 0 rings (SSSR count). The molecule has 1 atom stereocenters. The third kappa shape index (κ3) is 7.82. The van der Waals surface area contributed by atoms with Crippen LogP contribution in [0.3, 0.4) is 0 Å². The average molecular weight is 249 g/mol. The van der Waals surface area contributed by atoms with Crippen molar-refractivity contribution in [1.29, 1.82) is 0 Å². The lowest BCUT2D eigenvalue weighted by Gasteiger charge is -2.20. The van der Waals surface area contributed by atoms with Crippen LogP contribution in [0.2, 0.25) is 0 Å². The smallest absolute Gasteiger partial charge is 0.222 e. The van der Waals surface area contributed by atoms with Gasteiger partial charge >= 0.3 is 0 Å². The highest BCUT2D eigenvalue weighted by molar-refractivity contribution is 7.79. The minimum Gasteiger partial charge on any atom is -0.343 e. The second kappa shape index (κ2) is 9.78. The monoisotopic (exact) mass is 249 g/mol. The van der Waals surface area contributed by atoms with Gasteiger partial charge in [-0.1, -0.05) is 19.8 Å². The van der Waals surface area contributed by atoms with Gasteiger partial charge in [0.1, 0.15) is 0 Å². The first-order valence-electron chi connectivity index (χ1n) is 5.97. The molecule has 0 aromatic heterocycles. The number of carbonyl (C=O) groups is 1. The van der Waals surface area contributed by atoms with Crippen LogP contribution < -0.4 is 0 Å². The standard InChI is InChI=1S/C11H23NO3S/c1-3-5-6-9-12(4-2)11(13)8-7-10-16(14)15/h3-10H2,1-2H3,(H,14,15). The summed E-state index contributed by atoms with van der Waals surface area (Å²) in [6, 6.07) is 0. The Balaban J connectivity index is 3.77. The molecule has 1 N–H and O–H groups in total. The molecule has 0 aliphatic rings. The fourth-order valence-corrected chi connectivity index (χ4v) is 1.91. The highest BCUT2D eigenvalue weighted by Crippen LogP contribution is 2.03. The van der Waals surface area contributed by atoms with Gasteiger partial charge < -0.3 is 9.45 Å². The minimum atomic E-state index is -1.77. The van der Waals surface area contributed by atoms with E-state index in [2.05, 4.69) is 6.92 Å². The SMILES string of the molecule is CCCCCN(CC)C(=O)CCCS(=O)O. The summed E-state index contributed by atoms with van der Waals surface area (Å²) in [6.07, 6.45) is 4.21. The van der Waals surface area contributed by atoms with E-state index in [9.17, 15) is 9.00 Å². The van der Waals surface area contributed by atoms with Crippen molar-refractivity contribution in [3.8, 4) is 0 Å². The lowest BCUT2D eigenvalue weighted by molar-refractivity contribution is -0.131. The first-order valence-corrected chi connectivity index (χ1v) is 7.24. The van der Waals surface area contributed by atoms with Gasteiger partial charge in [0.2, 0.25) is 5.91 Å². The van der Waals surface area contributed by atoms with Crippen molar-refractivity contribution in [2.75, 3.05) is 18.8 Å². The van der Waals surface area contributed by atoms with Crippen LogP contribution in [0, 0.1) is 0 Å². The maximum Gasteiger partial charge on any atom is 0.222 e. The molecule has 1 unspecified atom stereocenters. The maximum atomic E-state index is 11.7. The van der Waals surface area contributed by atoms with Crippen LogP contribution in [0.4, 0.5) is 0 Å². The number of nitrogens with zero attached hydrogens (tertiary/aromatic N) is 1. The first-order chi connectivity index (χ1) is 7.61. The summed E-state index contributed by atoms with van der Waals surface area (Å²) in [4.78, 5) is 13.5. The molecule has 0 heterocycles. The Morgan fingerprint density at radius 1 is 1.25 bits per heavy atom. The molecule has 4 nitrogen and oxygen atoms in total. The van der Waals surface area contributed by atoms with Gasteiger partial charge in [-0.15, -0.1) is 0 Å². The average Bonchev–Trinajstić information content (AvgIpc) is 2.23. The second-order valence-electron chi connectivity index (χ2n) is 3.81. The largest absolute Gasteiger partial charge is 0.343 e. The molecule has 0 aromatic carbocycles. The van der Waals surface area contributed by atoms with Crippen LogP contribution in [-0.2, 0) is 15.9 Å². The van der Waals surface area contributed by atoms with Crippen molar-refractivity contribution >= 4 is 17.0 Å². The van der Waals surface area contributed by atoms with E-state index < -0.39 is 11.1 Å². The van der Waals surface area contributed by atoms with Crippen molar-refractivity contribution in [1.82, 2.24) is 4.90 Å². The molecular formula is C11H23NO3S. The van der Waals surface area contributed by atoms with E-state index in [1.165, 1.54) is 0 Å². The summed E-state index contributed by atoms with van der Waals surface area (Å²) in [5.74, 6) is 0.294. The van der Waals surface area contributed by atoms with Gasteiger partial charge in [-0.25, -0.2) is 4.21 Å². The van der Waals surface area contributed by atoms with E-state index in [1.807, 2.05) is 11.8 Å². The molecule has 1 amide bonds. The Labute approximate surface area is 101 Å². The second-order valence-corrected chi connectivity index (χ2v) is 4.86. The molecule has 0 aliphatic heterocycles. The van der Waals surface area contributed by atoms with Crippen LogP contribution >= 0.6 is 0 Å². The molecule has 0 saturated carbocycles. The number of carbonyl (C=O) groups excluding carboxylic acids is 1. The van der Waals surface area contributed by atoms with E-state index in [1.54, 1.807) is 0 Å². The van der Waals surface area contributed by atoms with Crippen LogP contribution in [-0.4, -0.2) is 38.4 Å². The third-order valence-corrected chi connectivity index (χ3v) is 3.11. The molecule has 5 heteroatoms. The van der Waals surface area contributed by atoms with Crippen molar-refractivity contribution in [3.63, 3.8) is 0 Å². The van der Waals surface area contributed by atoms with Crippen LogP contribution in [0.15, 0.2) is 0 Å². The summed E-state index contributed by atoms with van der Waals surface area (Å²) in [5, 5.41) is 0. The molecule has 0 radical (unpaired) electrons. The fourth-order valence-electron chi connectivity index (χ4n) is 1.52. The Morgan fingerprint density at radius 2 is 1.94 bits per heavy atom. The zero-order valence-corrected chi connectivity index (χ0v) is 11.1.